The molecule has 0 aliphatic carbocycles. The highest BCUT2D eigenvalue weighted by atomic mass is 32.2. The molecule has 0 fully saturated rings. The van der Waals surface area contributed by atoms with Crippen molar-refractivity contribution >= 4 is 10.9 Å². The third-order valence-corrected chi connectivity index (χ3v) is 3.49. The van der Waals surface area contributed by atoms with E-state index in [1.807, 2.05) is 0 Å². The molecule has 0 aromatic carbocycles. The van der Waals surface area contributed by atoms with E-state index in [0.29, 0.717) is 0 Å². The van der Waals surface area contributed by atoms with E-state index in [9.17, 15) is 0 Å². The van der Waals surface area contributed by atoms with Crippen molar-refractivity contribution in [2.45, 2.75) is 26.7 Å². The Morgan fingerprint density at radius 1 is 1.50 bits per heavy atom. The summed E-state index contributed by atoms with van der Waals surface area (Å²) in [5.74, 6) is 2.40. The highest BCUT2D eigenvalue weighted by Crippen LogP contribution is 2.40. The molecular weight excluding hydrogens is 140 g/mol. The van der Waals surface area contributed by atoms with Gasteiger partial charge in [-0.1, -0.05) is 19.9 Å². The predicted octanol–water partition coefficient (Wildman–Crippen LogP) is 3.38. The van der Waals surface area contributed by atoms with Crippen molar-refractivity contribution in [3.05, 3.63) is 28.2 Å². The van der Waals surface area contributed by atoms with E-state index in [-0.39, 0.29) is 10.9 Å². The minimum absolute atomic E-state index is 0.0421. The summed E-state index contributed by atoms with van der Waals surface area (Å²) < 4.78 is 0. The van der Waals surface area contributed by atoms with Crippen LogP contribution in [-0.2, 0) is 0 Å². The summed E-state index contributed by atoms with van der Waals surface area (Å²) >= 11 is 0. The van der Waals surface area contributed by atoms with Gasteiger partial charge in [0, 0.05) is 5.75 Å². The number of allylic oxidation sites excluding steroid dienone is 2. The van der Waals surface area contributed by atoms with Crippen LogP contribution in [0.3, 0.4) is 0 Å². The first kappa shape index (κ1) is 7.93. The molecule has 0 bridgehead atoms. The zero-order valence-corrected chi connectivity index (χ0v) is 7.57. The topological polar surface area (TPSA) is 0 Å². The van der Waals surface area contributed by atoms with Gasteiger partial charge >= 0.3 is 0 Å². The molecule has 1 heteroatoms. The summed E-state index contributed by atoms with van der Waals surface area (Å²) in [6, 6.07) is 0. The van der Waals surface area contributed by atoms with Crippen LogP contribution in [0, 0.1) is 5.75 Å². The molecule has 0 saturated carbocycles. The first-order valence-corrected chi connectivity index (χ1v) is 5.41. The van der Waals surface area contributed by atoms with Crippen LogP contribution < -0.4 is 0 Å². The zero-order chi connectivity index (χ0) is 7.40. The molecule has 0 nitrogen and oxygen atoms in total. The molecule has 0 spiro atoms. The van der Waals surface area contributed by atoms with Gasteiger partial charge in [-0.2, -0.15) is 0 Å². The average Bonchev–Trinajstić information content (AvgIpc) is 2.37. The van der Waals surface area contributed by atoms with Crippen LogP contribution >= 0.6 is 10.9 Å². The lowest BCUT2D eigenvalue weighted by atomic mass is 10.2. The Morgan fingerprint density at radius 3 is 2.80 bits per heavy atom. The second-order valence-corrected chi connectivity index (χ2v) is 4.23. The van der Waals surface area contributed by atoms with Crippen molar-refractivity contribution in [1.29, 1.82) is 0 Å². The maximum absolute atomic E-state index is 2.40. The Morgan fingerprint density at radius 2 is 2.30 bits per heavy atom. The van der Waals surface area contributed by atoms with Gasteiger partial charge in [-0.25, -0.2) is 10.9 Å². The molecule has 1 radical (unpaired) electrons. The summed E-state index contributed by atoms with van der Waals surface area (Å²) in [6.45, 7) is 4.41. The van der Waals surface area contributed by atoms with Gasteiger partial charge in [0.05, 0.1) is 0 Å². The average molecular weight is 155 g/mol. The smallest absolute Gasteiger partial charge is 0.00356 e. The predicted molar refractivity (Wildman–Crippen MR) is 51.1 cm³/mol. The van der Waals surface area contributed by atoms with E-state index in [4.69, 9.17) is 0 Å². The number of thiol groups is 1. The highest BCUT2D eigenvalue weighted by Gasteiger charge is 2.02. The maximum Gasteiger partial charge on any atom is 0.00356 e. The number of hydrogen-bond acceptors (Lipinski definition) is 0. The van der Waals surface area contributed by atoms with E-state index >= 15 is 0 Å². The largest absolute Gasteiger partial charge is 0.209 e. The third kappa shape index (κ3) is 1.91. The molecular formula is C9H15S. The second kappa shape index (κ2) is 3.87. The van der Waals surface area contributed by atoms with Gasteiger partial charge < -0.3 is 0 Å². The van der Waals surface area contributed by atoms with Crippen molar-refractivity contribution in [3.63, 3.8) is 0 Å². The van der Waals surface area contributed by atoms with E-state index in [1.165, 1.54) is 18.4 Å². The van der Waals surface area contributed by atoms with Gasteiger partial charge in [0.2, 0.25) is 0 Å². The molecule has 1 rings (SSSR count). The maximum atomic E-state index is 2.40. The molecule has 1 aliphatic rings. The molecule has 1 atom stereocenters. The minimum atomic E-state index is 0.0421. The second-order valence-electron chi connectivity index (χ2n) is 2.41. The Balaban J connectivity index is 2.41. The first-order valence-electron chi connectivity index (χ1n) is 3.86. The fourth-order valence-corrected chi connectivity index (χ4v) is 2.74. The van der Waals surface area contributed by atoms with Crippen molar-refractivity contribution in [1.82, 2.24) is 0 Å². The Bertz CT molecular complexity index is 156. The normalized spacial score (nSPS) is 27.0. The third-order valence-electron chi connectivity index (χ3n) is 1.58. The zero-order valence-electron chi connectivity index (χ0n) is 6.67. The van der Waals surface area contributed by atoms with Crippen LogP contribution in [0.2, 0.25) is 0 Å². The van der Waals surface area contributed by atoms with Crippen molar-refractivity contribution in [3.8, 4) is 0 Å². The molecule has 1 unspecified atom stereocenters. The first-order chi connectivity index (χ1) is 4.86. The molecule has 57 valence electrons. The van der Waals surface area contributed by atoms with Crippen LogP contribution in [0.5, 0.6) is 0 Å². The van der Waals surface area contributed by atoms with Crippen LogP contribution in [0.25, 0.3) is 0 Å². The molecule has 1 heterocycles. The van der Waals surface area contributed by atoms with E-state index in [1.54, 1.807) is 0 Å². The fraction of sp³-hybridized carbons (Fsp3) is 0.444. The van der Waals surface area contributed by atoms with Crippen molar-refractivity contribution in [2.24, 2.45) is 0 Å². The summed E-state index contributed by atoms with van der Waals surface area (Å²) in [5, 5.41) is 4.73. The molecule has 0 aromatic rings. The molecule has 0 N–H and O–H groups in total. The highest BCUT2D eigenvalue weighted by molar-refractivity contribution is 8.24. The van der Waals surface area contributed by atoms with Crippen LogP contribution in [0.15, 0.2) is 22.5 Å². The van der Waals surface area contributed by atoms with Crippen LogP contribution in [0.4, 0.5) is 0 Å². The van der Waals surface area contributed by atoms with Gasteiger partial charge in [0.15, 0.2) is 0 Å². The SMILES string of the molecule is CC[CH][SH]1C=CC(CC)=C1. The monoisotopic (exact) mass is 155 g/mol. The summed E-state index contributed by atoms with van der Waals surface area (Å²) in [6.07, 6.45) is 4.65. The van der Waals surface area contributed by atoms with Gasteiger partial charge in [-0.05, 0) is 29.2 Å². The Hall–Kier alpha value is -0.170. The van der Waals surface area contributed by atoms with Crippen LogP contribution in [-0.4, -0.2) is 0 Å². The quantitative estimate of drug-likeness (QED) is 0.593. The molecule has 10 heavy (non-hydrogen) atoms. The van der Waals surface area contributed by atoms with E-state index in [2.05, 4.69) is 36.5 Å². The molecule has 0 aromatic heterocycles. The molecule has 0 saturated heterocycles. The lowest BCUT2D eigenvalue weighted by molar-refractivity contribution is 1.16. The standard InChI is InChI=1S/C9H15S/c1-3-6-10-7-5-9(4-2)8-10/h5-8,10H,3-4H2,1-2H3. The van der Waals surface area contributed by atoms with E-state index in [0.717, 1.165) is 0 Å². The van der Waals surface area contributed by atoms with Crippen molar-refractivity contribution < 1.29 is 0 Å². The van der Waals surface area contributed by atoms with Gasteiger partial charge in [-0.15, -0.1) is 0 Å². The van der Waals surface area contributed by atoms with Crippen molar-refractivity contribution in [2.75, 3.05) is 0 Å². The Kier molecular flexibility index (Phi) is 3.07. The van der Waals surface area contributed by atoms with Crippen LogP contribution in [0.1, 0.15) is 26.7 Å². The van der Waals surface area contributed by atoms with Gasteiger partial charge in [0.1, 0.15) is 0 Å². The van der Waals surface area contributed by atoms with Gasteiger partial charge in [0.25, 0.3) is 0 Å². The number of rotatable bonds is 3. The Labute approximate surface area is 66.4 Å². The lowest BCUT2D eigenvalue weighted by Crippen LogP contribution is -1.68. The number of hydrogen-bond donors (Lipinski definition) is 1. The summed E-state index contributed by atoms with van der Waals surface area (Å²) in [4.78, 5) is 0. The molecule has 0 amide bonds. The molecule has 1 aliphatic heterocycles. The summed E-state index contributed by atoms with van der Waals surface area (Å²) in [5.41, 5.74) is 1.51. The lowest BCUT2D eigenvalue weighted by Gasteiger charge is -2.05. The van der Waals surface area contributed by atoms with E-state index < -0.39 is 0 Å². The van der Waals surface area contributed by atoms with Gasteiger partial charge in [-0.3, -0.25) is 0 Å². The summed E-state index contributed by atoms with van der Waals surface area (Å²) in [7, 11) is 0.0421. The fourth-order valence-electron chi connectivity index (χ4n) is 0.993. The minimum Gasteiger partial charge on any atom is -0.209 e.